The molecule has 0 aromatic carbocycles. The molecule has 4 nitrogen and oxygen atoms in total. The molecule has 2 rings (SSSR count). The van der Waals surface area contributed by atoms with Crippen LogP contribution in [0.5, 0.6) is 0 Å². The summed E-state index contributed by atoms with van der Waals surface area (Å²) in [6.07, 6.45) is 1.90. The Morgan fingerprint density at radius 1 is 1.56 bits per heavy atom. The summed E-state index contributed by atoms with van der Waals surface area (Å²) in [7, 11) is -1.80. The van der Waals surface area contributed by atoms with Crippen molar-refractivity contribution in [3.63, 3.8) is 0 Å². The molecule has 0 N–H and O–H groups in total. The molecule has 1 aromatic rings. The zero-order valence-electron chi connectivity index (χ0n) is 10.3. The Bertz CT molecular complexity index is 522. The first-order valence-electron chi connectivity index (χ1n) is 5.73. The summed E-state index contributed by atoms with van der Waals surface area (Å²) in [4.78, 5) is 1.24. The summed E-state index contributed by atoms with van der Waals surface area (Å²) in [6.45, 7) is 2.69. The number of nitrogens with zero attached hydrogens (tertiary/aromatic N) is 1. The maximum atomic E-state index is 12.6. The summed E-state index contributed by atoms with van der Waals surface area (Å²) in [5.41, 5.74) is 0. The Balaban J connectivity index is 2.30. The minimum atomic E-state index is -3.39. The summed E-state index contributed by atoms with van der Waals surface area (Å²) in [6, 6.07) is 1.85. The van der Waals surface area contributed by atoms with Crippen molar-refractivity contribution in [2.45, 2.75) is 30.7 Å². The molecule has 18 heavy (non-hydrogen) atoms. The van der Waals surface area contributed by atoms with E-state index in [0.29, 0.717) is 18.0 Å². The average Bonchev–Trinajstić information content (AvgIpc) is 3.04. The molecule has 0 atom stereocenters. The van der Waals surface area contributed by atoms with Crippen molar-refractivity contribution in [1.29, 1.82) is 0 Å². The van der Waals surface area contributed by atoms with Gasteiger partial charge in [0.1, 0.15) is 0 Å². The van der Waals surface area contributed by atoms with E-state index < -0.39 is 10.0 Å². The highest BCUT2D eigenvalue weighted by Crippen LogP contribution is 2.36. The smallest absolute Gasteiger partial charge is 0.244 e. The van der Waals surface area contributed by atoms with Crippen molar-refractivity contribution in [1.82, 2.24) is 4.31 Å². The average molecular weight is 354 g/mol. The van der Waals surface area contributed by atoms with Gasteiger partial charge in [0.15, 0.2) is 0 Å². The van der Waals surface area contributed by atoms with Gasteiger partial charge < -0.3 is 4.74 Å². The first kappa shape index (κ1) is 14.5. The molecule has 0 radical (unpaired) electrons. The van der Waals surface area contributed by atoms with Crippen LogP contribution >= 0.6 is 27.3 Å². The highest BCUT2D eigenvalue weighted by molar-refractivity contribution is 9.11. The molecule has 0 bridgehead atoms. The second-order valence-electron chi connectivity index (χ2n) is 4.31. The van der Waals surface area contributed by atoms with E-state index in [4.69, 9.17) is 4.74 Å². The van der Waals surface area contributed by atoms with Gasteiger partial charge in [-0.15, -0.1) is 11.3 Å². The number of methoxy groups -OCH3 is 1. The predicted octanol–water partition coefficient (Wildman–Crippen LogP) is 2.62. The number of hydrogen-bond donors (Lipinski definition) is 0. The lowest BCUT2D eigenvalue weighted by molar-refractivity contribution is 0.177. The number of sulfonamides is 1. The van der Waals surface area contributed by atoms with E-state index in [1.54, 1.807) is 17.5 Å². The lowest BCUT2D eigenvalue weighted by atomic mass is 10.5. The lowest BCUT2D eigenvalue weighted by Crippen LogP contribution is -2.35. The van der Waals surface area contributed by atoms with E-state index in [2.05, 4.69) is 15.9 Å². The maximum absolute atomic E-state index is 12.6. The van der Waals surface area contributed by atoms with Crippen LogP contribution in [0.3, 0.4) is 0 Å². The third-order valence-corrected chi connectivity index (χ3v) is 6.66. The largest absolute Gasteiger partial charge is 0.383 e. The summed E-state index contributed by atoms with van der Waals surface area (Å²) in [5.74, 6) is 0. The molecule has 1 saturated carbocycles. The lowest BCUT2D eigenvalue weighted by Gasteiger charge is -2.21. The second-order valence-corrected chi connectivity index (χ2v) is 8.81. The van der Waals surface area contributed by atoms with Crippen LogP contribution in [0.4, 0.5) is 0 Å². The van der Waals surface area contributed by atoms with Crippen LogP contribution in [-0.4, -0.2) is 39.0 Å². The van der Waals surface area contributed by atoms with Gasteiger partial charge in [-0.05, 0) is 41.8 Å². The molecular formula is C11H16BrNO3S2. The SMILES string of the molecule is COCCN(C1CC1)S(=O)(=O)c1cc(Br)sc1C. The standard InChI is InChI=1S/C11H16BrNO3S2/c1-8-10(7-11(12)17-8)18(14,15)13(5-6-16-2)9-3-4-9/h7,9H,3-6H2,1-2H3. The summed E-state index contributed by atoms with van der Waals surface area (Å²) < 4.78 is 32.7. The summed E-state index contributed by atoms with van der Waals surface area (Å²) >= 11 is 4.79. The predicted molar refractivity (Wildman–Crippen MR) is 75.5 cm³/mol. The van der Waals surface area contributed by atoms with Gasteiger partial charge in [0.05, 0.1) is 15.3 Å². The van der Waals surface area contributed by atoms with Crippen LogP contribution in [0.15, 0.2) is 14.7 Å². The van der Waals surface area contributed by atoms with Crippen LogP contribution in [0.1, 0.15) is 17.7 Å². The number of halogens is 1. The van der Waals surface area contributed by atoms with E-state index >= 15 is 0 Å². The monoisotopic (exact) mass is 353 g/mol. The first-order chi connectivity index (χ1) is 8.46. The first-order valence-corrected chi connectivity index (χ1v) is 8.78. The zero-order chi connectivity index (χ0) is 13.3. The number of rotatable bonds is 6. The van der Waals surface area contributed by atoms with E-state index in [1.807, 2.05) is 6.92 Å². The highest BCUT2D eigenvalue weighted by Gasteiger charge is 2.38. The quantitative estimate of drug-likeness (QED) is 0.789. The van der Waals surface area contributed by atoms with Crippen LogP contribution in [-0.2, 0) is 14.8 Å². The van der Waals surface area contributed by atoms with Crippen molar-refractivity contribution in [3.05, 3.63) is 14.7 Å². The zero-order valence-corrected chi connectivity index (χ0v) is 13.6. The fourth-order valence-electron chi connectivity index (χ4n) is 1.86. The van der Waals surface area contributed by atoms with Gasteiger partial charge >= 0.3 is 0 Å². The molecule has 102 valence electrons. The topological polar surface area (TPSA) is 46.6 Å². The Kier molecular flexibility index (Phi) is 4.48. The normalized spacial score (nSPS) is 16.4. The van der Waals surface area contributed by atoms with Gasteiger partial charge in [-0.3, -0.25) is 0 Å². The van der Waals surface area contributed by atoms with Crippen LogP contribution in [0.25, 0.3) is 0 Å². The van der Waals surface area contributed by atoms with Crippen molar-refractivity contribution >= 4 is 37.3 Å². The molecule has 1 aliphatic rings. The Hall–Kier alpha value is 0.0500. The maximum Gasteiger partial charge on any atom is 0.244 e. The van der Waals surface area contributed by atoms with E-state index in [1.165, 1.54) is 11.3 Å². The van der Waals surface area contributed by atoms with Gasteiger partial charge in [0.2, 0.25) is 10.0 Å². The van der Waals surface area contributed by atoms with Gasteiger partial charge in [0, 0.05) is 24.6 Å². The summed E-state index contributed by atoms with van der Waals surface area (Å²) in [5, 5.41) is 0. The van der Waals surface area contributed by atoms with Gasteiger partial charge in [0.25, 0.3) is 0 Å². The second kappa shape index (κ2) is 5.58. The minimum absolute atomic E-state index is 0.156. The fourth-order valence-corrected chi connectivity index (χ4v) is 5.91. The fraction of sp³-hybridized carbons (Fsp3) is 0.636. The molecule has 7 heteroatoms. The third kappa shape index (κ3) is 2.96. The number of hydrogen-bond acceptors (Lipinski definition) is 4. The highest BCUT2D eigenvalue weighted by atomic mass is 79.9. The Labute approximate surface area is 120 Å². The Morgan fingerprint density at radius 3 is 2.67 bits per heavy atom. The molecule has 1 aliphatic carbocycles. The molecule has 1 aromatic heterocycles. The molecule has 1 heterocycles. The van der Waals surface area contributed by atoms with E-state index in [-0.39, 0.29) is 6.04 Å². The molecule has 0 spiro atoms. The number of thiophene rings is 1. The van der Waals surface area contributed by atoms with Gasteiger partial charge in [-0.1, -0.05) is 0 Å². The third-order valence-electron chi connectivity index (χ3n) is 2.90. The molecule has 1 fully saturated rings. The molecular weight excluding hydrogens is 338 g/mol. The number of aryl methyl sites for hydroxylation is 1. The van der Waals surface area contributed by atoms with Crippen molar-refractivity contribution in [2.75, 3.05) is 20.3 Å². The van der Waals surface area contributed by atoms with Gasteiger partial charge in [-0.25, -0.2) is 8.42 Å². The number of ether oxygens (including phenoxy) is 1. The Morgan fingerprint density at radius 2 is 2.22 bits per heavy atom. The van der Waals surface area contributed by atoms with Crippen LogP contribution in [0, 0.1) is 6.92 Å². The van der Waals surface area contributed by atoms with E-state index in [9.17, 15) is 8.42 Å². The van der Waals surface area contributed by atoms with Gasteiger partial charge in [-0.2, -0.15) is 4.31 Å². The minimum Gasteiger partial charge on any atom is -0.383 e. The van der Waals surface area contributed by atoms with Crippen molar-refractivity contribution < 1.29 is 13.2 Å². The van der Waals surface area contributed by atoms with Crippen molar-refractivity contribution in [3.8, 4) is 0 Å². The van der Waals surface area contributed by atoms with Crippen LogP contribution < -0.4 is 0 Å². The molecule has 0 unspecified atom stereocenters. The molecule has 0 aliphatic heterocycles. The van der Waals surface area contributed by atoms with Crippen LogP contribution in [0.2, 0.25) is 0 Å². The molecule has 0 saturated heterocycles. The molecule has 0 amide bonds. The van der Waals surface area contributed by atoms with Crippen molar-refractivity contribution in [2.24, 2.45) is 0 Å². The van der Waals surface area contributed by atoms with E-state index in [0.717, 1.165) is 21.5 Å².